The van der Waals surface area contributed by atoms with E-state index in [0.717, 1.165) is 25.2 Å². The molecule has 126 valence electrons. The minimum Gasteiger partial charge on any atom is -0.327 e. The minimum absolute atomic E-state index is 0.0368. The Morgan fingerprint density at radius 3 is 2.24 bits per heavy atom. The van der Waals surface area contributed by atoms with E-state index in [1.165, 1.54) is 51.4 Å². The molecule has 0 amide bonds. The molecule has 0 heterocycles. The van der Waals surface area contributed by atoms with Gasteiger partial charge in [-0.25, -0.2) is 0 Å². The second kappa shape index (κ2) is 8.53. The molecule has 1 rings (SSSR count). The lowest BCUT2D eigenvalue weighted by Crippen LogP contribution is -2.43. The summed E-state index contributed by atoms with van der Waals surface area (Å²) in [6.45, 7) is 9.21. The lowest BCUT2D eigenvalue weighted by atomic mass is 9.71. The highest BCUT2D eigenvalue weighted by atomic mass is 14.7. The number of rotatable bonds is 9. The largest absolute Gasteiger partial charge is 0.327 e. The predicted molar refractivity (Wildman–Crippen MR) is 94.3 cm³/mol. The third-order valence-electron chi connectivity index (χ3n) is 5.28. The molecule has 1 saturated carbocycles. The van der Waals surface area contributed by atoms with Gasteiger partial charge in [0.2, 0.25) is 0 Å². The van der Waals surface area contributed by atoms with Gasteiger partial charge in [0, 0.05) is 11.6 Å². The van der Waals surface area contributed by atoms with Crippen LogP contribution in [-0.2, 0) is 0 Å². The molecular weight excluding hydrogens is 256 g/mol. The average molecular weight is 297 g/mol. The van der Waals surface area contributed by atoms with Crippen molar-refractivity contribution in [3.8, 4) is 0 Å². The van der Waals surface area contributed by atoms with Gasteiger partial charge in [0.15, 0.2) is 0 Å². The van der Waals surface area contributed by atoms with Crippen molar-refractivity contribution in [2.45, 2.75) is 110 Å². The van der Waals surface area contributed by atoms with E-state index in [1.807, 2.05) is 0 Å². The van der Waals surface area contributed by atoms with Gasteiger partial charge in [-0.05, 0) is 50.4 Å². The molecular formula is C19H40N2. The van der Waals surface area contributed by atoms with Gasteiger partial charge in [-0.15, -0.1) is 0 Å². The summed E-state index contributed by atoms with van der Waals surface area (Å²) in [6, 6.07) is 0.367. The van der Waals surface area contributed by atoms with Crippen molar-refractivity contribution in [3.63, 3.8) is 0 Å². The Hall–Kier alpha value is -0.0800. The van der Waals surface area contributed by atoms with E-state index in [4.69, 9.17) is 11.5 Å². The smallest absolute Gasteiger partial charge is 0.0131 e. The Kier molecular flexibility index (Phi) is 7.70. The molecule has 0 spiro atoms. The summed E-state index contributed by atoms with van der Waals surface area (Å²) in [5.74, 6) is 0.752. The Morgan fingerprint density at radius 2 is 1.67 bits per heavy atom. The van der Waals surface area contributed by atoms with Gasteiger partial charge in [0.05, 0.1) is 0 Å². The monoisotopic (exact) mass is 296 g/mol. The SMILES string of the molecule is CCCCCC(C)(N)CC(C)(C)CC(N)C1CCCCC1. The van der Waals surface area contributed by atoms with Gasteiger partial charge in [0.1, 0.15) is 0 Å². The molecule has 0 aromatic carbocycles. The average Bonchev–Trinajstić information content (AvgIpc) is 2.38. The van der Waals surface area contributed by atoms with Gasteiger partial charge in [-0.3, -0.25) is 0 Å². The fourth-order valence-corrected chi connectivity index (χ4v) is 4.40. The zero-order chi connectivity index (χ0) is 15.9. The van der Waals surface area contributed by atoms with Crippen LogP contribution in [0.3, 0.4) is 0 Å². The molecule has 0 bridgehead atoms. The molecule has 1 fully saturated rings. The maximum absolute atomic E-state index is 6.56. The van der Waals surface area contributed by atoms with Crippen molar-refractivity contribution in [3.05, 3.63) is 0 Å². The molecule has 2 heteroatoms. The first-order chi connectivity index (χ1) is 9.76. The van der Waals surface area contributed by atoms with E-state index in [-0.39, 0.29) is 11.0 Å². The van der Waals surface area contributed by atoms with Crippen LogP contribution in [0.15, 0.2) is 0 Å². The lowest BCUT2D eigenvalue weighted by molar-refractivity contribution is 0.174. The highest BCUT2D eigenvalue weighted by Crippen LogP contribution is 2.37. The molecule has 0 aromatic heterocycles. The Bertz CT molecular complexity index is 277. The molecule has 0 aromatic rings. The van der Waals surface area contributed by atoms with Crippen LogP contribution in [0.4, 0.5) is 0 Å². The minimum atomic E-state index is -0.0368. The number of hydrogen-bond acceptors (Lipinski definition) is 2. The molecule has 1 aliphatic rings. The van der Waals surface area contributed by atoms with Crippen LogP contribution in [0.1, 0.15) is 98.3 Å². The molecule has 1 aliphatic carbocycles. The predicted octanol–water partition coefficient (Wildman–Crippen LogP) is 5.00. The van der Waals surface area contributed by atoms with Crippen molar-refractivity contribution in [1.82, 2.24) is 0 Å². The summed E-state index contributed by atoms with van der Waals surface area (Å²) in [5, 5.41) is 0. The van der Waals surface area contributed by atoms with Crippen LogP contribution in [0.5, 0.6) is 0 Å². The van der Waals surface area contributed by atoms with Gasteiger partial charge in [-0.1, -0.05) is 59.3 Å². The fourth-order valence-electron chi connectivity index (χ4n) is 4.40. The molecule has 2 nitrogen and oxygen atoms in total. The summed E-state index contributed by atoms with van der Waals surface area (Å²) in [7, 11) is 0. The number of hydrogen-bond donors (Lipinski definition) is 2. The van der Waals surface area contributed by atoms with Crippen molar-refractivity contribution in [2.24, 2.45) is 22.8 Å². The van der Waals surface area contributed by atoms with Crippen LogP contribution in [0.2, 0.25) is 0 Å². The number of unbranched alkanes of at least 4 members (excludes halogenated alkanes) is 2. The molecule has 0 radical (unpaired) electrons. The van der Waals surface area contributed by atoms with E-state index in [1.54, 1.807) is 0 Å². The summed E-state index contributed by atoms with van der Waals surface area (Å²) in [4.78, 5) is 0. The lowest BCUT2D eigenvalue weighted by Gasteiger charge is -2.39. The third kappa shape index (κ3) is 7.65. The van der Waals surface area contributed by atoms with Gasteiger partial charge in [-0.2, -0.15) is 0 Å². The second-order valence-corrected chi connectivity index (χ2v) is 8.72. The fraction of sp³-hybridized carbons (Fsp3) is 1.00. The molecule has 0 saturated heterocycles. The number of nitrogens with two attached hydrogens (primary N) is 2. The normalized spacial score (nSPS) is 22.0. The maximum Gasteiger partial charge on any atom is 0.0131 e. The Labute approximate surface area is 133 Å². The highest BCUT2D eigenvalue weighted by Gasteiger charge is 2.32. The van der Waals surface area contributed by atoms with E-state index in [9.17, 15) is 0 Å². The van der Waals surface area contributed by atoms with Crippen molar-refractivity contribution in [2.75, 3.05) is 0 Å². The zero-order valence-electron chi connectivity index (χ0n) is 15.1. The van der Waals surface area contributed by atoms with Gasteiger partial charge < -0.3 is 11.5 Å². The standard InChI is InChI=1S/C19H40N2/c1-5-6-10-13-19(4,21)15-18(2,3)14-17(20)16-11-8-7-9-12-16/h16-17H,5-15,20-21H2,1-4H3. The molecule has 0 aliphatic heterocycles. The molecule has 2 unspecified atom stereocenters. The molecule has 21 heavy (non-hydrogen) atoms. The topological polar surface area (TPSA) is 52.0 Å². The summed E-state index contributed by atoms with van der Waals surface area (Å²) >= 11 is 0. The van der Waals surface area contributed by atoms with Crippen molar-refractivity contribution >= 4 is 0 Å². The molecule has 2 atom stereocenters. The highest BCUT2D eigenvalue weighted by molar-refractivity contribution is 4.89. The Balaban J connectivity index is 2.43. The third-order valence-corrected chi connectivity index (χ3v) is 5.28. The van der Waals surface area contributed by atoms with Gasteiger partial charge in [0.25, 0.3) is 0 Å². The molecule has 4 N–H and O–H groups in total. The van der Waals surface area contributed by atoms with Crippen molar-refractivity contribution < 1.29 is 0 Å². The summed E-state index contributed by atoms with van der Waals surface area (Å²) < 4.78 is 0. The summed E-state index contributed by atoms with van der Waals surface area (Å²) in [6.07, 6.45) is 14.0. The van der Waals surface area contributed by atoms with Crippen LogP contribution in [-0.4, -0.2) is 11.6 Å². The van der Waals surface area contributed by atoms with Crippen LogP contribution in [0, 0.1) is 11.3 Å². The van der Waals surface area contributed by atoms with Gasteiger partial charge >= 0.3 is 0 Å². The second-order valence-electron chi connectivity index (χ2n) is 8.72. The van der Waals surface area contributed by atoms with E-state index < -0.39 is 0 Å². The van der Waals surface area contributed by atoms with Crippen LogP contribution in [0.25, 0.3) is 0 Å². The van der Waals surface area contributed by atoms with E-state index in [0.29, 0.717) is 6.04 Å². The van der Waals surface area contributed by atoms with E-state index in [2.05, 4.69) is 27.7 Å². The van der Waals surface area contributed by atoms with Crippen molar-refractivity contribution in [1.29, 1.82) is 0 Å². The van der Waals surface area contributed by atoms with Crippen LogP contribution < -0.4 is 11.5 Å². The first kappa shape index (κ1) is 19.0. The zero-order valence-corrected chi connectivity index (χ0v) is 15.1. The van der Waals surface area contributed by atoms with Crippen LogP contribution >= 0.6 is 0 Å². The Morgan fingerprint density at radius 1 is 1.05 bits per heavy atom. The quantitative estimate of drug-likeness (QED) is 0.588. The first-order valence-corrected chi connectivity index (χ1v) is 9.30. The first-order valence-electron chi connectivity index (χ1n) is 9.30. The summed E-state index contributed by atoms with van der Waals surface area (Å²) in [5.41, 5.74) is 13.3. The van der Waals surface area contributed by atoms with E-state index >= 15 is 0 Å². The maximum atomic E-state index is 6.56.